The Bertz CT molecular complexity index is 470. The summed E-state index contributed by atoms with van der Waals surface area (Å²) in [5.74, 6) is 2.30. The van der Waals surface area contributed by atoms with Crippen molar-refractivity contribution >= 4 is 5.91 Å². The Morgan fingerprint density at radius 1 is 1.20 bits per heavy atom. The van der Waals surface area contributed by atoms with Gasteiger partial charge in [-0.15, -0.1) is 0 Å². The van der Waals surface area contributed by atoms with Crippen LogP contribution in [-0.4, -0.2) is 12.5 Å². The standard InChI is InChI=1S/C17H22FNO/c18-16-5-2-12(3-6-16)7-8-19-17(20)11-15-10-13-1-4-14(15)9-13/h2-3,5-6,13-15H,1,4,7-11H2,(H,19,20). The zero-order chi connectivity index (χ0) is 13.9. The van der Waals surface area contributed by atoms with Crippen LogP contribution in [0.1, 0.15) is 37.7 Å². The van der Waals surface area contributed by atoms with E-state index in [1.54, 1.807) is 12.1 Å². The lowest BCUT2D eigenvalue weighted by molar-refractivity contribution is -0.122. The zero-order valence-electron chi connectivity index (χ0n) is 11.8. The summed E-state index contributed by atoms with van der Waals surface area (Å²) in [5.41, 5.74) is 1.06. The normalized spacial score (nSPS) is 27.8. The highest BCUT2D eigenvalue weighted by Gasteiger charge is 2.39. The lowest BCUT2D eigenvalue weighted by Gasteiger charge is -2.20. The second kappa shape index (κ2) is 5.94. The highest BCUT2D eigenvalue weighted by molar-refractivity contribution is 5.76. The number of nitrogens with one attached hydrogen (secondary N) is 1. The molecular weight excluding hydrogens is 253 g/mol. The molecule has 2 nitrogen and oxygen atoms in total. The first kappa shape index (κ1) is 13.6. The lowest BCUT2D eigenvalue weighted by atomic mass is 9.86. The van der Waals surface area contributed by atoms with Gasteiger partial charge in [-0.1, -0.05) is 18.6 Å². The van der Waals surface area contributed by atoms with Gasteiger partial charge in [0.1, 0.15) is 5.82 Å². The first-order chi connectivity index (χ1) is 9.70. The molecule has 2 aliphatic rings. The molecule has 20 heavy (non-hydrogen) atoms. The number of rotatable bonds is 5. The first-order valence-corrected chi connectivity index (χ1v) is 7.72. The van der Waals surface area contributed by atoms with Gasteiger partial charge in [-0.3, -0.25) is 4.79 Å². The second-order valence-corrected chi connectivity index (χ2v) is 6.37. The highest BCUT2D eigenvalue weighted by atomic mass is 19.1. The Kier molecular flexibility index (Phi) is 4.04. The van der Waals surface area contributed by atoms with Crippen LogP contribution in [0.25, 0.3) is 0 Å². The van der Waals surface area contributed by atoms with Crippen LogP contribution >= 0.6 is 0 Å². The van der Waals surface area contributed by atoms with Crippen LogP contribution in [0.4, 0.5) is 4.39 Å². The summed E-state index contributed by atoms with van der Waals surface area (Å²) in [6, 6.07) is 6.48. The fourth-order valence-corrected chi connectivity index (χ4v) is 3.93. The molecule has 2 saturated carbocycles. The summed E-state index contributed by atoms with van der Waals surface area (Å²) in [6.45, 7) is 0.644. The Hall–Kier alpha value is -1.38. The predicted octanol–water partition coefficient (Wildman–Crippen LogP) is 3.31. The molecule has 1 aromatic carbocycles. The molecule has 0 saturated heterocycles. The number of halogens is 1. The molecule has 0 aliphatic heterocycles. The Morgan fingerprint density at radius 2 is 2.00 bits per heavy atom. The van der Waals surface area contributed by atoms with Crippen molar-refractivity contribution in [2.75, 3.05) is 6.54 Å². The van der Waals surface area contributed by atoms with Crippen molar-refractivity contribution in [3.8, 4) is 0 Å². The summed E-state index contributed by atoms with van der Waals surface area (Å²) in [7, 11) is 0. The molecule has 1 amide bonds. The predicted molar refractivity (Wildman–Crippen MR) is 76.7 cm³/mol. The van der Waals surface area contributed by atoms with Gasteiger partial charge in [0, 0.05) is 13.0 Å². The third-order valence-corrected chi connectivity index (χ3v) is 4.98. The van der Waals surface area contributed by atoms with Gasteiger partial charge in [-0.05, 0) is 61.1 Å². The van der Waals surface area contributed by atoms with Crippen molar-refractivity contribution in [1.82, 2.24) is 5.32 Å². The minimum atomic E-state index is -0.214. The van der Waals surface area contributed by atoms with Crippen molar-refractivity contribution in [2.45, 2.75) is 38.5 Å². The molecule has 2 fully saturated rings. The van der Waals surface area contributed by atoms with Crippen LogP contribution in [-0.2, 0) is 11.2 Å². The molecule has 0 aromatic heterocycles. The van der Waals surface area contributed by atoms with Crippen LogP contribution in [0.2, 0.25) is 0 Å². The summed E-state index contributed by atoms with van der Waals surface area (Å²) in [6.07, 6.45) is 6.79. The minimum absolute atomic E-state index is 0.185. The van der Waals surface area contributed by atoms with Crippen molar-refractivity contribution in [3.63, 3.8) is 0 Å². The van der Waals surface area contributed by atoms with E-state index >= 15 is 0 Å². The average molecular weight is 275 g/mol. The largest absolute Gasteiger partial charge is 0.356 e. The molecule has 3 atom stereocenters. The van der Waals surface area contributed by atoms with Crippen LogP contribution in [0.3, 0.4) is 0 Å². The second-order valence-electron chi connectivity index (χ2n) is 6.37. The summed E-state index contributed by atoms with van der Waals surface area (Å²) >= 11 is 0. The van der Waals surface area contributed by atoms with Crippen LogP contribution < -0.4 is 5.32 Å². The van der Waals surface area contributed by atoms with Gasteiger partial charge < -0.3 is 5.32 Å². The van der Waals surface area contributed by atoms with E-state index in [-0.39, 0.29) is 11.7 Å². The van der Waals surface area contributed by atoms with E-state index in [2.05, 4.69) is 5.32 Å². The average Bonchev–Trinajstić information content (AvgIpc) is 3.03. The summed E-state index contributed by atoms with van der Waals surface area (Å²) in [4.78, 5) is 11.9. The van der Waals surface area contributed by atoms with Crippen LogP contribution in [0, 0.1) is 23.6 Å². The van der Waals surface area contributed by atoms with Gasteiger partial charge in [-0.25, -0.2) is 4.39 Å². The van der Waals surface area contributed by atoms with E-state index in [9.17, 15) is 9.18 Å². The quantitative estimate of drug-likeness (QED) is 0.877. The monoisotopic (exact) mass is 275 g/mol. The maximum absolute atomic E-state index is 12.8. The molecule has 108 valence electrons. The minimum Gasteiger partial charge on any atom is -0.356 e. The van der Waals surface area contributed by atoms with Gasteiger partial charge in [0.2, 0.25) is 5.91 Å². The number of benzene rings is 1. The van der Waals surface area contributed by atoms with Crippen LogP contribution in [0.15, 0.2) is 24.3 Å². The van der Waals surface area contributed by atoms with Crippen molar-refractivity contribution < 1.29 is 9.18 Å². The highest BCUT2D eigenvalue weighted by Crippen LogP contribution is 2.49. The topological polar surface area (TPSA) is 29.1 Å². The van der Waals surface area contributed by atoms with E-state index < -0.39 is 0 Å². The van der Waals surface area contributed by atoms with Gasteiger partial charge in [0.15, 0.2) is 0 Å². The summed E-state index contributed by atoms with van der Waals surface area (Å²) < 4.78 is 12.8. The maximum atomic E-state index is 12.8. The van der Waals surface area contributed by atoms with E-state index in [0.29, 0.717) is 18.9 Å². The van der Waals surface area contributed by atoms with Crippen LogP contribution in [0.5, 0.6) is 0 Å². The van der Waals surface area contributed by atoms with Crippen molar-refractivity contribution in [2.24, 2.45) is 17.8 Å². The zero-order valence-corrected chi connectivity index (χ0v) is 11.8. The molecule has 1 aromatic rings. The van der Waals surface area contributed by atoms with Gasteiger partial charge in [0.05, 0.1) is 0 Å². The van der Waals surface area contributed by atoms with Crippen molar-refractivity contribution in [1.29, 1.82) is 0 Å². The number of carbonyl (C=O) groups excluding carboxylic acids is 1. The van der Waals surface area contributed by atoms with E-state index in [1.807, 2.05) is 0 Å². The SMILES string of the molecule is O=C(CC1CC2CCC1C2)NCCc1ccc(F)cc1. The third-order valence-electron chi connectivity index (χ3n) is 4.98. The molecule has 0 radical (unpaired) electrons. The number of amides is 1. The molecule has 0 spiro atoms. The Balaban J connectivity index is 1.38. The van der Waals surface area contributed by atoms with Gasteiger partial charge in [0.25, 0.3) is 0 Å². The number of hydrogen-bond donors (Lipinski definition) is 1. The first-order valence-electron chi connectivity index (χ1n) is 7.72. The van der Waals surface area contributed by atoms with Gasteiger partial charge in [-0.2, -0.15) is 0 Å². The number of fused-ring (bicyclic) bond motifs is 2. The molecule has 3 unspecified atom stereocenters. The molecular formula is C17H22FNO. The molecule has 2 aliphatic carbocycles. The number of hydrogen-bond acceptors (Lipinski definition) is 1. The van der Waals surface area contributed by atoms with Gasteiger partial charge >= 0.3 is 0 Å². The Morgan fingerprint density at radius 3 is 2.65 bits per heavy atom. The molecule has 1 N–H and O–H groups in total. The molecule has 2 bridgehead atoms. The third kappa shape index (κ3) is 3.20. The molecule has 3 rings (SSSR count). The van der Waals surface area contributed by atoms with E-state index in [0.717, 1.165) is 23.8 Å². The maximum Gasteiger partial charge on any atom is 0.220 e. The number of carbonyl (C=O) groups is 1. The van der Waals surface area contributed by atoms with E-state index in [4.69, 9.17) is 0 Å². The smallest absolute Gasteiger partial charge is 0.220 e. The van der Waals surface area contributed by atoms with E-state index in [1.165, 1.54) is 37.8 Å². The molecule has 3 heteroatoms. The lowest BCUT2D eigenvalue weighted by Crippen LogP contribution is -2.29. The van der Waals surface area contributed by atoms with Crippen molar-refractivity contribution in [3.05, 3.63) is 35.6 Å². The Labute approximate surface area is 119 Å². The fraction of sp³-hybridized carbons (Fsp3) is 0.588. The summed E-state index contributed by atoms with van der Waals surface area (Å²) in [5, 5.41) is 3.00. The fourth-order valence-electron chi connectivity index (χ4n) is 3.93. The molecule has 0 heterocycles.